The van der Waals surface area contributed by atoms with Gasteiger partial charge in [0.05, 0.1) is 6.04 Å². The minimum Gasteiger partial charge on any atom is -0.320 e. The average molecular weight is 221 g/mol. The molecule has 2 N–H and O–H groups in total. The van der Waals surface area contributed by atoms with Crippen LogP contribution in [-0.2, 0) is 0 Å². The smallest absolute Gasteiger partial charge is 0.123 e. The molecule has 0 spiro atoms. The number of aryl methyl sites for hydroxylation is 1. The van der Waals surface area contributed by atoms with Crippen LogP contribution in [0.15, 0.2) is 35.7 Å². The van der Waals surface area contributed by atoms with E-state index in [4.69, 9.17) is 5.73 Å². The maximum Gasteiger partial charge on any atom is 0.123 e. The second-order valence-corrected chi connectivity index (χ2v) is 4.44. The molecule has 0 aliphatic heterocycles. The summed E-state index contributed by atoms with van der Waals surface area (Å²) in [4.78, 5) is 1.14. The maximum absolute atomic E-state index is 12.7. The first-order chi connectivity index (χ1) is 7.18. The lowest BCUT2D eigenvalue weighted by molar-refractivity contribution is 0.626. The summed E-state index contributed by atoms with van der Waals surface area (Å²) in [6.07, 6.45) is 0. The molecule has 1 aromatic carbocycles. The number of nitrogens with two attached hydrogens (primary N) is 1. The quantitative estimate of drug-likeness (QED) is 0.827. The Bertz CT molecular complexity index is 447. The van der Waals surface area contributed by atoms with Crippen LogP contribution in [0.1, 0.15) is 22.0 Å². The predicted octanol–water partition coefficient (Wildman–Crippen LogP) is 3.24. The second-order valence-electron chi connectivity index (χ2n) is 3.50. The van der Waals surface area contributed by atoms with Gasteiger partial charge < -0.3 is 5.73 Å². The van der Waals surface area contributed by atoms with Crippen molar-refractivity contribution in [3.8, 4) is 0 Å². The van der Waals surface area contributed by atoms with E-state index in [2.05, 4.69) is 0 Å². The van der Waals surface area contributed by atoms with E-state index in [0.29, 0.717) is 0 Å². The fourth-order valence-electron chi connectivity index (χ4n) is 1.52. The van der Waals surface area contributed by atoms with Crippen molar-refractivity contribution in [1.29, 1.82) is 0 Å². The standard InChI is InChI=1S/C12H12FNS/c1-8-6-7-15-12(8)11(14)9-2-4-10(13)5-3-9/h2-7,11H,14H2,1H3. The van der Waals surface area contributed by atoms with Gasteiger partial charge in [-0.3, -0.25) is 0 Å². The van der Waals surface area contributed by atoms with E-state index >= 15 is 0 Å². The molecular formula is C12H12FNS. The molecule has 0 bridgehead atoms. The van der Waals surface area contributed by atoms with E-state index in [9.17, 15) is 4.39 Å². The van der Waals surface area contributed by atoms with E-state index in [-0.39, 0.29) is 11.9 Å². The zero-order valence-electron chi connectivity index (χ0n) is 8.41. The molecule has 15 heavy (non-hydrogen) atoms. The lowest BCUT2D eigenvalue weighted by Gasteiger charge is -2.11. The first kappa shape index (κ1) is 10.3. The van der Waals surface area contributed by atoms with Crippen LogP contribution < -0.4 is 5.73 Å². The first-order valence-electron chi connectivity index (χ1n) is 4.73. The van der Waals surface area contributed by atoms with Crippen LogP contribution in [0.2, 0.25) is 0 Å². The topological polar surface area (TPSA) is 26.0 Å². The zero-order chi connectivity index (χ0) is 10.8. The van der Waals surface area contributed by atoms with Crippen molar-refractivity contribution < 1.29 is 4.39 Å². The third kappa shape index (κ3) is 2.08. The Balaban J connectivity index is 2.32. The molecule has 0 radical (unpaired) electrons. The van der Waals surface area contributed by atoms with E-state index < -0.39 is 0 Å². The summed E-state index contributed by atoms with van der Waals surface area (Å²) in [7, 11) is 0. The number of halogens is 1. The van der Waals surface area contributed by atoms with Gasteiger partial charge >= 0.3 is 0 Å². The number of hydrogen-bond acceptors (Lipinski definition) is 2. The Hall–Kier alpha value is -1.19. The van der Waals surface area contributed by atoms with Crippen molar-refractivity contribution in [3.05, 3.63) is 57.5 Å². The third-order valence-electron chi connectivity index (χ3n) is 2.41. The van der Waals surface area contributed by atoms with E-state index in [1.54, 1.807) is 23.5 Å². The van der Waals surface area contributed by atoms with Crippen molar-refractivity contribution in [1.82, 2.24) is 0 Å². The summed E-state index contributed by atoms with van der Waals surface area (Å²) in [5, 5.41) is 2.02. The lowest BCUT2D eigenvalue weighted by atomic mass is 10.0. The molecule has 1 nitrogen and oxygen atoms in total. The highest BCUT2D eigenvalue weighted by Gasteiger charge is 2.12. The molecule has 0 saturated carbocycles. The predicted molar refractivity (Wildman–Crippen MR) is 61.5 cm³/mol. The second kappa shape index (κ2) is 4.13. The highest BCUT2D eigenvalue weighted by atomic mass is 32.1. The summed E-state index contributed by atoms with van der Waals surface area (Å²) in [5.74, 6) is -0.228. The molecule has 0 aliphatic carbocycles. The van der Waals surface area contributed by atoms with Gasteiger partial charge in [0, 0.05) is 4.88 Å². The summed E-state index contributed by atoms with van der Waals surface area (Å²) in [6.45, 7) is 2.04. The average Bonchev–Trinajstić information content (AvgIpc) is 2.65. The van der Waals surface area contributed by atoms with Gasteiger partial charge in [0.2, 0.25) is 0 Å². The molecule has 1 aromatic heterocycles. The molecule has 0 aliphatic rings. The Morgan fingerprint density at radius 1 is 1.20 bits per heavy atom. The molecule has 1 atom stereocenters. The molecule has 1 heterocycles. The third-order valence-corrected chi connectivity index (χ3v) is 3.52. The number of thiophene rings is 1. The highest BCUT2D eigenvalue weighted by Crippen LogP contribution is 2.27. The zero-order valence-corrected chi connectivity index (χ0v) is 9.22. The number of benzene rings is 1. The van der Waals surface area contributed by atoms with Gasteiger partial charge in [-0.05, 0) is 41.6 Å². The van der Waals surface area contributed by atoms with Crippen molar-refractivity contribution in [2.24, 2.45) is 5.73 Å². The maximum atomic E-state index is 12.7. The van der Waals surface area contributed by atoms with Crippen molar-refractivity contribution in [3.63, 3.8) is 0 Å². The van der Waals surface area contributed by atoms with E-state index in [1.807, 2.05) is 18.4 Å². The van der Waals surface area contributed by atoms with Crippen molar-refractivity contribution >= 4 is 11.3 Å². The molecule has 3 heteroatoms. The largest absolute Gasteiger partial charge is 0.320 e. The molecule has 1 unspecified atom stereocenters. The highest BCUT2D eigenvalue weighted by molar-refractivity contribution is 7.10. The molecule has 0 saturated heterocycles. The van der Waals surface area contributed by atoms with Gasteiger partial charge in [-0.1, -0.05) is 12.1 Å². The first-order valence-corrected chi connectivity index (χ1v) is 5.61. The van der Waals surface area contributed by atoms with Crippen LogP contribution in [0, 0.1) is 12.7 Å². The summed E-state index contributed by atoms with van der Waals surface area (Å²) in [5.41, 5.74) is 8.24. The Morgan fingerprint density at radius 3 is 2.40 bits per heavy atom. The minimum atomic E-state index is -0.228. The molecule has 0 amide bonds. The molecule has 2 rings (SSSR count). The Labute approximate surface area is 92.4 Å². The van der Waals surface area contributed by atoms with Crippen LogP contribution in [0.3, 0.4) is 0 Å². The Morgan fingerprint density at radius 2 is 1.87 bits per heavy atom. The number of hydrogen-bond donors (Lipinski definition) is 1. The van der Waals surface area contributed by atoms with Gasteiger partial charge in [-0.15, -0.1) is 11.3 Å². The van der Waals surface area contributed by atoms with E-state index in [1.165, 1.54) is 17.7 Å². The van der Waals surface area contributed by atoms with Crippen molar-refractivity contribution in [2.75, 3.05) is 0 Å². The fourth-order valence-corrected chi connectivity index (χ4v) is 2.48. The summed E-state index contributed by atoms with van der Waals surface area (Å²) in [6, 6.07) is 8.25. The normalized spacial score (nSPS) is 12.7. The molecule has 2 aromatic rings. The minimum absolute atomic E-state index is 0.148. The molecule has 0 fully saturated rings. The van der Waals surface area contributed by atoms with Gasteiger partial charge in [-0.2, -0.15) is 0 Å². The molecular weight excluding hydrogens is 209 g/mol. The van der Waals surface area contributed by atoms with Crippen LogP contribution >= 0.6 is 11.3 Å². The molecule has 78 valence electrons. The van der Waals surface area contributed by atoms with Crippen LogP contribution in [-0.4, -0.2) is 0 Å². The SMILES string of the molecule is Cc1ccsc1C(N)c1ccc(F)cc1. The summed E-state index contributed by atoms with van der Waals surface area (Å²) < 4.78 is 12.7. The van der Waals surface area contributed by atoms with Crippen LogP contribution in [0.5, 0.6) is 0 Å². The van der Waals surface area contributed by atoms with E-state index in [0.717, 1.165) is 10.4 Å². The number of rotatable bonds is 2. The fraction of sp³-hybridized carbons (Fsp3) is 0.167. The van der Waals surface area contributed by atoms with Gasteiger partial charge in [-0.25, -0.2) is 4.39 Å². The van der Waals surface area contributed by atoms with Gasteiger partial charge in [0.15, 0.2) is 0 Å². The van der Waals surface area contributed by atoms with Crippen LogP contribution in [0.25, 0.3) is 0 Å². The van der Waals surface area contributed by atoms with Crippen molar-refractivity contribution in [2.45, 2.75) is 13.0 Å². The monoisotopic (exact) mass is 221 g/mol. The van der Waals surface area contributed by atoms with Gasteiger partial charge in [0.25, 0.3) is 0 Å². The van der Waals surface area contributed by atoms with Gasteiger partial charge in [0.1, 0.15) is 5.82 Å². The summed E-state index contributed by atoms with van der Waals surface area (Å²) >= 11 is 1.64. The Kier molecular flexibility index (Phi) is 2.84. The lowest BCUT2D eigenvalue weighted by Crippen LogP contribution is -2.11. The van der Waals surface area contributed by atoms with Crippen LogP contribution in [0.4, 0.5) is 4.39 Å².